The van der Waals surface area contributed by atoms with Crippen LogP contribution in [0.4, 0.5) is 10.3 Å². The molecule has 1 aromatic heterocycles. The minimum atomic E-state index is -0.487. The molecule has 0 atom stereocenters. The van der Waals surface area contributed by atoms with E-state index in [1.165, 1.54) is 12.1 Å². The molecule has 0 aliphatic heterocycles. The Morgan fingerprint density at radius 2 is 1.86 bits per heavy atom. The fourth-order valence-electron chi connectivity index (χ4n) is 1.50. The van der Waals surface area contributed by atoms with E-state index in [2.05, 4.69) is 20.3 Å². The van der Waals surface area contributed by atoms with E-state index in [9.17, 15) is 4.39 Å². The third-order valence-electron chi connectivity index (χ3n) is 2.40. The van der Waals surface area contributed by atoms with Crippen LogP contribution in [0.15, 0.2) is 24.3 Å². The Morgan fingerprint density at radius 3 is 2.57 bits per heavy atom. The van der Waals surface area contributed by atoms with E-state index >= 15 is 0 Å². The Hall–Kier alpha value is -2.44. The molecule has 0 bridgehead atoms. The molecule has 1 aromatic carbocycles. The van der Waals surface area contributed by atoms with E-state index < -0.39 is 5.82 Å². The van der Waals surface area contributed by atoms with Crippen LogP contribution in [0.3, 0.4) is 0 Å². The van der Waals surface area contributed by atoms with Gasteiger partial charge in [0.15, 0.2) is 11.6 Å². The molecule has 0 spiro atoms. The SMILES string of the molecule is CCCOc1nc(NCC)nc(Oc2ccccc2F)n1. The molecule has 0 saturated carbocycles. The summed E-state index contributed by atoms with van der Waals surface area (Å²) in [6, 6.07) is 6.18. The lowest BCUT2D eigenvalue weighted by Crippen LogP contribution is -2.08. The summed E-state index contributed by atoms with van der Waals surface area (Å²) < 4.78 is 24.3. The lowest BCUT2D eigenvalue weighted by Gasteiger charge is -2.09. The van der Waals surface area contributed by atoms with Crippen LogP contribution in [-0.2, 0) is 0 Å². The van der Waals surface area contributed by atoms with E-state index in [1.54, 1.807) is 12.1 Å². The standard InChI is InChI=1S/C14H17FN4O2/c1-3-9-20-13-17-12(16-4-2)18-14(19-13)21-11-8-6-5-7-10(11)15/h5-8H,3-4,9H2,1-2H3,(H,16,17,18,19). The first kappa shape index (κ1) is 15.0. The highest BCUT2D eigenvalue weighted by Gasteiger charge is 2.11. The van der Waals surface area contributed by atoms with Crippen molar-refractivity contribution in [3.63, 3.8) is 0 Å². The molecule has 0 fully saturated rings. The number of halogens is 1. The van der Waals surface area contributed by atoms with Crippen molar-refractivity contribution in [3.05, 3.63) is 30.1 Å². The number of hydrogen-bond acceptors (Lipinski definition) is 6. The maximum absolute atomic E-state index is 13.6. The van der Waals surface area contributed by atoms with E-state index in [0.29, 0.717) is 19.1 Å². The van der Waals surface area contributed by atoms with Gasteiger partial charge in [-0.25, -0.2) is 4.39 Å². The van der Waals surface area contributed by atoms with Crippen molar-refractivity contribution in [1.29, 1.82) is 0 Å². The summed E-state index contributed by atoms with van der Waals surface area (Å²) in [6.45, 7) is 5.00. The Labute approximate surface area is 122 Å². The first-order valence-corrected chi connectivity index (χ1v) is 6.78. The number of hydrogen-bond donors (Lipinski definition) is 1. The van der Waals surface area contributed by atoms with E-state index in [1.807, 2.05) is 13.8 Å². The van der Waals surface area contributed by atoms with Gasteiger partial charge < -0.3 is 14.8 Å². The predicted octanol–water partition coefficient (Wildman–Crippen LogP) is 3.02. The summed E-state index contributed by atoms with van der Waals surface area (Å²) in [5.41, 5.74) is 0. The minimum Gasteiger partial charge on any atom is -0.463 e. The van der Waals surface area contributed by atoms with Gasteiger partial charge in [0.05, 0.1) is 6.61 Å². The normalized spacial score (nSPS) is 10.2. The Balaban J connectivity index is 2.24. The molecule has 0 saturated heterocycles. The molecule has 0 aliphatic carbocycles. The number of rotatable bonds is 7. The van der Waals surface area contributed by atoms with Crippen LogP contribution in [0, 0.1) is 5.82 Å². The molecule has 1 N–H and O–H groups in total. The van der Waals surface area contributed by atoms with Gasteiger partial charge in [0.1, 0.15) is 0 Å². The lowest BCUT2D eigenvalue weighted by atomic mass is 10.3. The molecule has 1 heterocycles. The first-order valence-electron chi connectivity index (χ1n) is 6.78. The van der Waals surface area contributed by atoms with Crippen LogP contribution < -0.4 is 14.8 Å². The molecule has 0 aliphatic rings. The van der Waals surface area contributed by atoms with Crippen LogP contribution in [0.2, 0.25) is 0 Å². The Morgan fingerprint density at radius 1 is 1.10 bits per heavy atom. The average Bonchev–Trinajstić information content (AvgIpc) is 2.48. The molecule has 7 heteroatoms. The molecule has 21 heavy (non-hydrogen) atoms. The number of anilines is 1. The van der Waals surface area contributed by atoms with Gasteiger partial charge in [-0.2, -0.15) is 9.97 Å². The second-order valence-electron chi connectivity index (χ2n) is 4.14. The maximum atomic E-state index is 13.6. The third kappa shape index (κ3) is 4.27. The van der Waals surface area contributed by atoms with E-state index in [-0.39, 0.29) is 17.8 Å². The smallest absolute Gasteiger partial charge is 0.330 e. The molecular weight excluding hydrogens is 275 g/mol. The molecule has 0 radical (unpaired) electrons. The van der Waals surface area contributed by atoms with Crippen molar-refractivity contribution in [2.75, 3.05) is 18.5 Å². The summed E-state index contributed by atoms with van der Waals surface area (Å²) in [5, 5.41) is 2.95. The van der Waals surface area contributed by atoms with Gasteiger partial charge in [0.2, 0.25) is 5.95 Å². The number of nitrogens with zero attached hydrogens (tertiary/aromatic N) is 3. The summed E-state index contributed by atoms with van der Waals surface area (Å²) in [4.78, 5) is 12.2. The second kappa shape index (κ2) is 7.37. The number of ether oxygens (including phenoxy) is 2. The number of para-hydroxylation sites is 1. The maximum Gasteiger partial charge on any atom is 0.330 e. The average molecular weight is 292 g/mol. The molecular formula is C14H17FN4O2. The molecule has 2 rings (SSSR count). The van der Waals surface area contributed by atoms with Gasteiger partial charge in [0.25, 0.3) is 0 Å². The van der Waals surface area contributed by atoms with Crippen LogP contribution in [-0.4, -0.2) is 28.1 Å². The summed E-state index contributed by atoms with van der Waals surface area (Å²) in [6.07, 6.45) is 0.825. The molecule has 0 amide bonds. The van der Waals surface area contributed by atoms with Crippen LogP contribution >= 0.6 is 0 Å². The highest BCUT2D eigenvalue weighted by molar-refractivity contribution is 5.31. The van der Waals surface area contributed by atoms with Gasteiger partial charge in [0, 0.05) is 6.54 Å². The molecule has 112 valence electrons. The van der Waals surface area contributed by atoms with Crippen molar-refractivity contribution in [2.45, 2.75) is 20.3 Å². The van der Waals surface area contributed by atoms with Crippen molar-refractivity contribution < 1.29 is 13.9 Å². The topological polar surface area (TPSA) is 69.2 Å². The van der Waals surface area contributed by atoms with Crippen LogP contribution in [0.25, 0.3) is 0 Å². The van der Waals surface area contributed by atoms with Crippen molar-refractivity contribution in [1.82, 2.24) is 15.0 Å². The quantitative estimate of drug-likeness (QED) is 0.846. The molecule has 6 nitrogen and oxygen atoms in total. The fraction of sp³-hybridized carbons (Fsp3) is 0.357. The highest BCUT2D eigenvalue weighted by Crippen LogP contribution is 2.23. The summed E-state index contributed by atoms with van der Waals surface area (Å²) in [5.74, 6) is -0.114. The van der Waals surface area contributed by atoms with Crippen molar-refractivity contribution in [3.8, 4) is 17.8 Å². The lowest BCUT2D eigenvalue weighted by molar-refractivity contribution is 0.284. The highest BCUT2D eigenvalue weighted by atomic mass is 19.1. The zero-order chi connectivity index (χ0) is 15.1. The molecule has 0 unspecified atom stereocenters. The van der Waals surface area contributed by atoms with Crippen LogP contribution in [0.1, 0.15) is 20.3 Å². The van der Waals surface area contributed by atoms with E-state index in [4.69, 9.17) is 9.47 Å². The Bertz CT molecular complexity index is 595. The largest absolute Gasteiger partial charge is 0.463 e. The van der Waals surface area contributed by atoms with Crippen molar-refractivity contribution >= 4 is 5.95 Å². The van der Waals surface area contributed by atoms with Gasteiger partial charge in [-0.3, -0.25) is 0 Å². The minimum absolute atomic E-state index is 0.0165. The van der Waals surface area contributed by atoms with Gasteiger partial charge in [-0.15, -0.1) is 4.98 Å². The van der Waals surface area contributed by atoms with Crippen molar-refractivity contribution in [2.24, 2.45) is 0 Å². The second-order valence-corrected chi connectivity index (χ2v) is 4.14. The Kier molecular flexibility index (Phi) is 5.25. The molecule has 2 aromatic rings. The van der Waals surface area contributed by atoms with Gasteiger partial charge in [-0.05, 0) is 25.5 Å². The zero-order valence-corrected chi connectivity index (χ0v) is 12.0. The van der Waals surface area contributed by atoms with E-state index in [0.717, 1.165) is 6.42 Å². The van der Waals surface area contributed by atoms with Gasteiger partial charge >= 0.3 is 12.0 Å². The summed E-state index contributed by atoms with van der Waals surface area (Å²) >= 11 is 0. The number of nitrogens with one attached hydrogen (secondary N) is 1. The van der Waals surface area contributed by atoms with Gasteiger partial charge in [-0.1, -0.05) is 19.1 Å². The first-order chi connectivity index (χ1) is 10.2. The fourth-order valence-corrected chi connectivity index (χ4v) is 1.50. The van der Waals surface area contributed by atoms with Crippen LogP contribution in [0.5, 0.6) is 17.8 Å². The zero-order valence-electron chi connectivity index (χ0n) is 12.0. The monoisotopic (exact) mass is 292 g/mol. The summed E-state index contributed by atoms with van der Waals surface area (Å²) in [7, 11) is 0. The predicted molar refractivity (Wildman–Crippen MR) is 76.3 cm³/mol. The number of benzene rings is 1. The third-order valence-corrected chi connectivity index (χ3v) is 2.40. The number of aromatic nitrogens is 3.